The van der Waals surface area contributed by atoms with Crippen LogP contribution in [-0.4, -0.2) is 35.4 Å². The summed E-state index contributed by atoms with van der Waals surface area (Å²) < 4.78 is 11.1. The summed E-state index contributed by atoms with van der Waals surface area (Å²) in [6, 6.07) is 0. The number of hydrogen-bond donors (Lipinski definition) is 1. The van der Waals surface area contributed by atoms with E-state index < -0.39 is 6.10 Å². The van der Waals surface area contributed by atoms with Gasteiger partial charge >= 0.3 is 11.9 Å². The van der Waals surface area contributed by atoms with E-state index in [9.17, 15) is 14.7 Å². The zero-order valence-corrected chi connectivity index (χ0v) is 13.4. The van der Waals surface area contributed by atoms with Crippen LogP contribution in [0.1, 0.15) is 40.0 Å². The van der Waals surface area contributed by atoms with Gasteiger partial charge in [0, 0.05) is 30.6 Å². The maximum Gasteiger partial charge on any atom is 0.309 e. The first-order chi connectivity index (χ1) is 10.3. The quantitative estimate of drug-likeness (QED) is 0.591. The molecule has 3 fully saturated rings. The molecule has 1 aliphatic heterocycles. The second-order valence-electron chi connectivity index (χ2n) is 7.30. The highest BCUT2D eigenvalue weighted by atomic mass is 16.6. The molecule has 7 atom stereocenters. The van der Waals surface area contributed by atoms with Crippen LogP contribution in [0.4, 0.5) is 0 Å². The zero-order valence-electron chi connectivity index (χ0n) is 13.4. The number of esters is 2. The molecular weight excluding hydrogens is 284 g/mol. The van der Waals surface area contributed by atoms with E-state index in [2.05, 4.69) is 13.5 Å². The van der Waals surface area contributed by atoms with Crippen LogP contribution in [0.3, 0.4) is 0 Å². The van der Waals surface area contributed by atoms with Gasteiger partial charge in [0.05, 0.1) is 12.0 Å². The van der Waals surface area contributed by atoms with E-state index >= 15 is 0 Å². The second kappa shape index (κ2) is 5.08. The van der Waals surface area contributed by atoms with Gasteiger partial charge in [0.1, 0.15) is 12.2 Å². The molecule has 1 saturated heterocycles. The first kappa shape index (κ1) is 15.5. The number of aliphatic hydroxyl groups excluding tert-OH is 1. The molecule has 0 unspecified atom stereocenters. The largest absolute Gasteiger partial charge is 0.462 e. The van der Waals surface area contributed by atoms with Crippen LogP contribution in [0.5, 0.6) is 0 Å². The number of hydrogen-bond acceptors (Lipinski definition) is 5. The molecule has 2 saturated carbocycles. The highest BCUT2D eigenvalue weighted by Gasteiger charge is 2.61. The highest BCUT2D eigenvalue weighted by molar-refractivity contribution is 5.75. The molecule has 0 aromatic heterocycles. The molecule has 0 aromatic rings. The van der Waals surface area contributed by atoms with Crippen LogP contribution in [0, 0.1) is 23.2 Å². The number of fused-ring (bicyclic) bond motifs is 3. The predicted molar refractivity (Wildman–Crippen MR) is 78.7 cm³/mol. The monoisotopic (exact) mass is 308 g/mol. The predicted octanol–water partition coefficient (Wildman–Crippen LogP) is 1.83. The standard InChI is InChI=1S/C17H24O5/c1-8-11-5-6-17(4)13(21-10(3)18)7-12(19)9(2)14(17)15(11)22-16(8)20/h8,11-15,19H,2,5-7H2,1,3-4H3/t8-,11-,12+,13-,14+,15-,17-/m0/s1. The molecule has 0 spiro atoms. The molecular formula is C17H24O5. The van der Waals surface area contributed by atoms with E-state index in [0.717, 1.165) is 12.8 Å². The first-order valence-corrected chi connectivity index (χ1v) is 8.00. The van der Waals surface area contributed by atoms with Gasteiger partial charge in [-0.05, 0) is 18.4 Å². The lowest BCUT2D eigenvalue weighted by Gasteiger charge is -2.54. The average Bonchev–Trinajstić information content (AvgIpc) is 2.71. The van der Waals surface area contributed by atoms with Gasteiger partial charge in [-0.15, -0.1) is 0 Å². The summed E-state index contributed by atoms with van der Waals surface area (Å²) >= 11 is 0. The maximum absolute atomic E-state index is 12.0. The molecule has 1 heterocycles. The molecule has 0 amide bonds. The summed E-state index contributed by atoms with van der Waals surface area (Å²) in [6.07, 6.45) is 0.713. The fraction of sp³-hybridized carbons (Fsp3) is 0.765. The lowest BCUT2D eigenvalue weighted by Crippen LogP contribution is -2.57. The summed E-state index contributed by atoms with van der Waals surface area (Å²) in [4.78, 5) is 23.4. The smallest absolute Gasteiger partial charge is 0.309 e. The van der Waals surface area contributed by atoms with E-state index in [4.69, 9.17) is 9.47 Å². The van der Waals surface area contributed by atoms with Gasteiger partial charge in [-0.25, -0.2) is 0 Å². The third kappa shape index (κ3) is 2.09. The third-order valence-corrected chi connectivity index (χ3v) is 6.05. The van der Waals surface area contributed by atoms with Gasteiger partial charge < -0.3 is 14.6 Å². The minimum atomic E-state index is -0.726. The molecule has 5 nitrogen and oxygen atoms in total. The first-order valence-electron chi connectivity index (χ1n) is 8.00. The molecule has 0 radical (unpaired) electrons. The Morgan fingerprint density at radius 1 is 1.50 bits per heavy atom. The molecule has 22 heavy (non-hydrogen) atoms. The Morgan fingerprint density at radius 2 is 2.18 bits per heavy atom. The Bertz CT molecular complexity index is 527. The van der Waals surface area contributed by atoms with Crippen molar-refractivity contribution in [2.75, 3.05) is 0 Å². The number of aliphatic hydroxyl groups is 1. The Labute approximate surface area is 130 Å². The van der Waals surface area contributed by atoms with Gasteiger partial charge in [-0.2, -0.15) is 0 Å². The molecule has 3 rings (SSSR count). The van der Waals surface area contributed by atoms with Crippen LogP contribution in [-0.2, 0) is 19.1 Å². The third-order valence-electron chi connectivity index (χ3n) is 6.05. The van der Waals surface area contributed by atoms with Crippen molar-refractivity contribution in [1.29, 1.82) is 0 Å². The SMILES string of the molecule is C=C1[C@H](O)C[C@H](OC(C)=O)[C@]2(C)CC[C@@H]3[C@H](OC(=O)[C@H]3C)[C@@H]12. The van der Waals surface area contributed by atoms with Crippen molar-refractivity contribution in [3.8, 4) is 0 Å². The molecule has 3 aliphatic rings. The number of carbonyl (C=O) groups is 2. The van der Waals surface area contributed by atoms with Crippen molar-refractivity contribution in [2.45, 2.75) is 58.3 Å². The average molecular weight is 308 g/mol. The summed E-state index contributed by atoms with van der Waals surface area (Å²) in [7, 11) is 0. The lowest BCUT2D eigenvalue weighted by molar-refractivity contribution is -0.177. The number of ether oxygens (including phenoxy) is 2. The molecule has 1 N–H and O–H groups in total. The Morgan fingerprint density at radius 3 is 2.82 bits per heavy atom. The van der Waals surface area contributed by atoms with Gasteiger partial charge in [0.15, 0.2) is 0 Å². The lowest BCUT2D eigenvalue weighted by atomic mass is 9.53. The summed E-state index contributed by atoms with van der Waals surface area (Å²) in [6.45, 7) is 9.42. The number of rotatable bonds is 1. The van der Waals surface area contributed by atoms with Crippen LogP contribution < -0.4 is 0 Å². The number of carbonyl (C=O) groups excluding carboxylic acids is 2. The van der Waals surface area contributed by atoms with Crippen molar-refractivity contribution in [3.05, 3.63) is 12.2 Å². The van der Waals surface area contributed by atoms with Crippen LogP contribution in [0.2, 0.25) is 0 Å². The topological polar surface area (TPSA) is 72.8 Å². The van der Waals surface area contributed by atoms with Gasteiger partial charge in [-0.3, -0.25) is 9.59 Å². The van der Waals surface area contributed by atoms with Crippen LogP contribution in [0.15, 0.2) is 12.2 Å². The highest BCUT2D eigenvalue weighted by Crippen LogP contribution is 2.58. The maximum atomic E-state index is 12.0. The van der Waals surface area contributed by atoms with E-state index in [-0.39, 0.29) is 47.3 Å². The van der Waals surface area contributed by atoms with Crippen molar-refractivity contribution in [1.82, 2.24) is 0 Å². The zero-order chi connectivity index (χ0) is 16.2. The Balaban J connectivity index is 1.97. The molecule has 122 valence electrons. The van der Waals surface area contributed by atoms with E-state index in [1.807, 2.05) is 6.92 Å². The van der Waals surface area contributed by atoms with Crippen molar-refractivity contribution in [3.63, 3.8) is 0 Å². The van der Waals surface area contributed by atoms with Crippen molar-refractivity contribution < 1.29 is 24.2 Å². The van der Waals surface area contributed by atoms with Crippen molar-refractivity contribution >= 4 is 11.9 Å². The van der Waals surface area contributed by atoms with Crippen molar-refractivity contribution in [2.24, 2.45) is 23.2 Å². The summed E-state index contributed by atoms with van der Waals surface area (Å²) in [5, 5.41) is 10.3. The minimum absolute atomic E-state index is 0.117. The normalized spacial score (nSPS) is 47.5. The molecule has 5 heteroatoms. The Kier molecular flexibility index (Phi) is 3.59. The summed E-state index contributed by atoms with van der Waals surface area (Å²) in [5.74, 6) is -0.632. The molecule has 2 aliphatic carbocycles. The van der Waals surface area contributed by atoms with Gasteiger partial charge in [0.25, 0.3) is 0 Å². The van der Waals surface area contributed by atoms with Gasteiger partial charge in [-0.1, -0.05) is 20.4 Å². The fourth-order valence-corrected chi connectivity index (χ4v) is 4.74. The summed E-state index contributed by atoms with van der Waals surface area (Å²) in [5.41, 5.74) is 0.371. The molecule has 0 bridgehead atoms. The fourth-order valence-electron chi connectivity index (χ4n) is 4.74. The molecule has 0 aromatic carbocycles. The van der Waals surface area contributed by atoms with E-state index in [1.54, 1.807) is 0 Å². The Hall–Kier alpha value is -1.36. The van der Waals surface area contributed by atoms with Crippen LogP contribution >= 0.6 is 0 Å². The van der Waals surface area contributed by atoms with E-state index in [1.165, 1.54) is 6.92 Å². The van der Waals surface area contributed by atoms with Gasteiger partial charge in [0.2, 0.25) is 0 Å². The minimum Gasteiger partial charge on any atom is -0.462 e. The van der Waals surface area contributed by atoms with E-state index in [0.29, 0.717) is 12.0 Å². The van der Waals surface area contributed by atoms with Crippen LogP contribution in [0.25, 0.3) is 0 Å². The second-order valence-corrected chi connectivity index (χ2v) is 7.30.